The predicted molar refractivity (Wildman–Crippen MR) is 85.7 cm³/mol. The highest BCUT2D eigenvalue weighted by Gasteiger charge is 2.28. The van der Waals surface area contributed by atoms with Gasteiger partial charge in [-0.15, -0.1) is 0 Å². The maximum absolute atomic E-state index is 12.2. The Morgan fingerprint density at radius 2 is 1.95 bits per heavy atom. The first-order valence-corrected chi connectivity index (χ1v) is 7.19. The van der Waals surface area contributed by atoms with Gasteiger partial charge in [0.15, 0.2) is 0 Å². The smallest absolute Gasteiger partial charge is 0.410 e. The number of benzene rings is 1. The standard InChI is InChI=1S/C17H22N2O3/c1-17(2,3)22-16(21)19(5)15(11-20)13-10-18(4)14-9-7-6-8-12(13)14/h6-11,15H,1-5H3. The topological polar surface area (TPSA) is 51.5 Å². The molecule has 0 N–H and O–H groups in total. The zero-order valence-electron chi connectivity index (χ0n) is 13.7. The van der Waals surface area contributed by atoms with Gasteiger partial charge in [0, 0.05) is 36.8 Å². The van der Waals surface area contributed by atoms with E-state index < -0.39 is 17.7 Å². The molecule has 0 saturated heterocycles. The monoisotopic (exact) mass is 302 g/mol. The number of aromatic nitrogens is 1. The van der Waals surface area contributed by atoms with Crippen molar-refractivity contribution in [3.8, 4) is 0 Å². The van der Waals surface area contributed by atoms with Crippen molar-refractivity contribution in [3.63, 3.8) is 0 Å². The van der Waals surface area contributed by atoms with Crippen LogP contribution in [0, 0.1) is 0 Å². The number of carbonyl (C=O) groups excluding carboxylic acids is 2. The van der Waals surface area contributed by atoms with Crippen LogP contribution >= 0.6 is 0 Å². The number of rotatable bonds is 3. The normalized spacial score (nSPS) is 13.0. The van der Waals surface area contributed by atoms with Gasteiger partial charge in [-0.3, -0.25) is 4.90 Å². The SMILES string of the molecule is CN(C(=O)OC(C)(C)C)C(C=O)c1cn(C)c2ccccc12. The van der Waals surface area contributed by atoms with Crippen LogP contribution in [0.25, 0.3) is 10.9 Å². The fourth-order valence-electron chi connectivity index (χ4n) is 2.43. The molecule has 0 fully saturated rings. The van der Waals surface area contributed by atoms with E-state index >= 15 is 0 Å². The van der Waals surface area contributed by atoms with Crippen LogP contribution in [-0.4, -0.2) is 34.5 Å². The quantitative estimate of drug-likeness (QED) is 0.818. The van der Waals surface area contributed by atoms with Gasteiger partial charge < -0.3 is 14.1 Å². The summed E-state index contributed by atoms with van der Waals surface area (Å²) in [5.41, 5.74) is 1.21. The lowest BCUT2D eigenvalue weighted by Gasteiger charge is -2.27. The number of aldehydes is 1. The second-order valence-corrected chi connectivity index (χ2v) is 6.38. The molecule has 5 heteroatoms. The third kappa shape index (κ3) is 3.13. The van der Waals surface area contributed by atoms with Crippen molar-refractivity contribution in [2.45, 2.75) is 32.4 Å². The van der Waals surface area contributed by atoms with E-state index in [1.807, 2.05) is 42.1 Å². The predicted octanol–water partition coefficient (Wildman–Crippen LogP) is 3.29. The van der Waals surface area contributed by atoms with E-state index in [9.17, 15) is 9.59 Å². The molecule has 0 radical (unpaired) electrons. The van der Waals surface area contributed by atoms with Crippen LogP contribution in [0.3, 0.4) is 0 Å². The molecule has 22 heavy (non-hydrogen) atoms. The number of hydrogen-bond acceptors (Lipinski definition) is 3. The first-order valence-electron chi connectivity index (χ1n) is 7.19. The molecule has 0 aliphatic rings. The summed E-state index contributed by atoms with van der Waals surface area (Å²) in [6, 6.07) is 7.11. The number of hydrogen-bond donors (Lipinski definition) is 0. The van der Waals surface area contributed by atoms with E-state index in [0.717, 1.165) is 22.8 Å². The van der Waals surface area contributed by atoms with Crippen molar-refractivity contribution >= 4 is 23.3 Å². The van der Waals surface area contributed by atoms with Gasteiger partial charge in [-0.1, -0.05) is 18.2 Å². The molecule has 1 heterocycles. The maximum atomic E-state index is 12.2. The average molecular weight is 302 g/mol. The van der Waals surface area contributed by atoms with Crippen LogP contribution in [0.4, 0.5) is 4.79 Å². The summed E-state index contributed by atoms with van der Waals surface area (Å²) >= 11 is 0. The van der Waals surface area contributed by atoms with E-state index in [2.05, 4.69) is 0 Å². The average Bonchev–Trinajstić information content (AvgIpc) is 2.76. The van der Waals surface area contributed by atoms with Crippen LogP contribution in [0.1, 0.15) is 32.4 Å². The van der Waals surface area contributed by atoms with Crippen molar-refractivity contribution in [1.29, 1.82) is 0 Å². The zero-order valence-corrected chi connectivity index (χ0v) is 13.7. The van der Waals surface area contributed by atoms with E-state index in [4.69, 9.17) is 4.74 Å². The first kappa shape index (κ1) is 16.1. The largest absolute Gasteiger partial charge is 0.444 e. The number of ether oxygens (including phenoxy) is 1. The summed E-state index contributed by atoms with van der Waals surface area (Å²) in [7, 11) is 3.50. The van der Waals surface area contributed by atoms with E-state index in [1.54, 1.807) is 27.8 Å². The molecule has 1 amide bonds. The van der Waals surface area contributed by atoms with E-state index in [-0.39, 0.29) is 0 Å². The second-order valence-electron chi connectivity index (χ2n) is 6.38. The lowest BCUT2D eigenvalue weighted by molar-refractivity contribution is -0.112. The van der Waals surface area contributed by atoms with Crippen molar-refractivity contribution < 1.29 is 14.3 Å². The molecular weight excluding hydrogens is 280 g/mol. The molecule has 1 aromatic heterocycles. The molecule has 0 bridgehead atoms. The fraction of sp³-hybridized carbons (Fsp3) is 0.412. The molecular formula is C17H22N2O3. The highest BCUT2D eigenvalue weighted by molar-refractivity contribution is 5.88. The van der Waals surface area contributed by atoms with Crippen molar-refractivity contribution in [2.75, 3.05) is 7.05 Å². The van der Waals surface area contributed by atoms with Crippen LogP contribution in [0.2, 0.25) is 0 Å². The number of nitrogens with zero attached hydrogens (tertiary/aromatic N) is 2. The Balaban J connectivity index is 2.38. The van der Waals surface area contributed by atoms with Gasteiger partial charge in [-0.05, 0) is 26.8 Å². The third-order valence-corrected chi connectivity index (χ3v) is 3.47. The molecule has 0 aliphatic carbocycles. The Hall–Kier alpha value is -2.30. The lowest BCUT2D eigenvalue weighted by atomic mass is 10.1. The molecule has 1 unspecified atom stereocenters. The van der Waals surface area contributed by atoms with Gasteiger partial charge in [-0.25, -0.2) is 4.79 Å². The molecule has 1 atom stereocenters. The zero-order chi connectivity index (χ0) is 16.5. The van der Waals surface area contributed by atoms with Gasteiger partial charge in [0.05, 0.1) is 0 Å². The molecule has 118 valence electrons. The summed E-state index contributed by atoms with van der Waals surface area (Å²) in [4.78, 5) is 25.2. The molecule has 0 aliphatic heterocycles. The Morgan fingerprint density at radius 3 is 2.55 bits per heavy atom. The number of fused-ring (bicyclic) bond motifs is 1. The Kier molecular flexibility index (Phi) is 4.26. The Labute approximate surface area is 130 Å². The minimum absolute atomic E-state index is 0.516. The summed E-state index contributed by atoms with van der Waals surface area (Å²) in [6.45, 7) is 5.39. The van der Waals surface area contributed by atoms with Gasteiger partial charge in [0.2, 0.25) is 0 Å². The maximum Gasteiger partial charge on any atom is 0.410 e. The Morgan fingerprint density at radius 1 is 1.32 bits per heavy atom. The summed E-state index contributed by atoms with van der Waals surface area (Å²) in [6.07, 6.45) is 2.13. The van der Waals surface area contributed by atoms with Crippen LogP contribution in [0.15, 0.2) is 30.5 Å². The molecule has 5 nitrogen and oxygen atoms in total. The summed E-state index contributed by atoms with van der Waals surface area (Å²) < 4.78 is 7.29. The van der Waals surface area contributed by atoms with Crippen LogP contribution < -0.4 is 0 Å². The van der Waals surface area contributed by atoms with Crippen LogP contribution in [-0.2, 0) is 16.6 Å². The molecule has 1 aromatic carbocycles. The van der Waals surface area contributed by atoms with E-state index in [1.165, 1.54) is 4.90 Å². The van der Waals surface area contributed by atoms with E-state index in [0.29, 0.717) is 0 Å². The first-order chi connectivity index (χ1) is 10.2. The number of para-hydroxylation sites is 1. The van der Waals surface area contributed by atoms with Gasteiger partial charge in [0.1, 0.15) is 17.9 Å². The summed E-state index contributed by atoms with van der Waals surface area (Å²) in [5, 5.41) is 0.956. The number of carbonyl (C=O) groups is 2. The summed E-state index contributed by atoms with van der Waals surface area (Å²) in [5.74, 6) is 0. The number of aryl methyl sites for hydroxylation is 1. The van der Waals surface area contributed by atoms with Gasteiger partial charge in [0.25, 0.3) is 0 Å². The highest BCUT2D eigenvalue weighted by atomic mass is 16.6. The molecule has 2 rings (SSSR count). The van der Waals surface area contributed by atoms with Crippen molar-refractivity contribution in [2.24, 2.45) is 7.05 Å². The lowest BCUT2D eigenvalue weighted by Crippen LogP contribution is -2.37. The molecule has 0 saturated carbocycles. The number of amides is 1. The minimum Gasteiger partial charge on any atom is -0.444 e. The van der Waals surface area contributed by atoms with Gasteiger partial charge in [-0.2, -0.15) is 0 Å². The van der Waals surface area contributed by atoms with Crippen molar-refractivity contribution in [3.05, 3.63) is 36.0 Å². The molecule has 2 aromatic rings. The third-order valence-electron chi connectivity index (χ3n) is 3.47. The van der Waals surface area contributed by atoms with Crippen molar-refractivity contribution in [1.82, 2.24) is 9.47 Å². The Bertz CT molecular complexity index is 697. The molecule has 0 spiro atoms. The fourth-order valence-corrected chi connectivity index (χ4v) is 2.43. The van der Waals surface area contributed by atoms with Gasteiger partial charge >= 0.3 is 6.09 Å². The number of likely N-dealkylation sites (N-methyl/N-ethyl adjacent to an activating group) is 1. The minimum atomic E-state index is -0.680. The van der Waals surface area contributed by atoms with Crippen LogP contribution in [0.5, 0.6) is 0 Å². The highest BCUT2D eigenvalue weighted by Crippen LogP contribution is 2.28. The second kappa shape index (κ2) is 5.83.